The van der Waals surface area contributed by atoms with E-state index in [1.807, 2.05) is 6.92 Å². The van der Waals surface area contributed by atoms with Crippen LogP contribution in [0.1, 0.15) is 27.0 Å². The number of carbonyl (C=O) groups is 1. The van der Waals surface area contributed by atoms with Crippen molar-refractivity contribution < 1.29 is 9.18 Å². The van der Waals surface area contributed by atoms with Gasteiger partial charge in [-0.05, 0) is 38.1 Å². The highest BCUT2D eigenvalue weighted by Gasteiger charge is 2.16. The number of halogens is 1. The molecule has 0 aliphatic carbocycles. The molecule has 112 valence electrons. The second-order valence-electron chi connectivity index (χ2n) is 5.00. The molecule has 1 atom stereocenters. The first kappa shape index (κ1) is 15.5. The Bertz CT molecular complexity index is 639. The average Bonchev–Trinajstić information content (AvgIpc) is 2.83. The van der Waals surface area contributed by atoms with Gasteiger partial charge in [-0.25, -0.2) is 4.39 Å². The van der Waals surface area contributed by atoms with Crippen LogP contribution in [0.4, 0.5) is 10.1 Å². The number of carbonyl (C=O) groups excluding carboxylic acids is 1. The molecule has 1 heterocycles. The summed E-state index contributed by atoms with van der Waals surface area (Å²) in [7, 11) is 1.60. The normalized spacial score (nSPS) is 12.0. The molecule has 0 saturated carbocycles. The maximum absolute atomic E-state index is 13.7. The molecular formula is C16H19FN2OS. The third-order valence-electron chi connectivity index (χ3n) is 3.19. The maximum Gasteiger partial charge on any atom is 0.253 e. The van der Waals surface area contributed by atoms with E-state index in [-0.39, 0.29) is 17.6 Å². The van der Waals surface area contributed by atoms with Crippen molar-refractivity contribution in [1.82, 2.24) is 5.32 Å². The zero-order valence-electron chi connectivity index (χ0n) is 12.4. The molecular weight excluding hydrogens is 287 g/mol. The van der Waals surface area contributed by atoms with Gasteiger partial charge in [0.25, 0.3) is 5.91 Å². The van der Waals surface area contributed by atoms with Crippen LogP contribution >= 0.6 is 11.3 Å². The Hall–Kier alpha value is -1.88. The van der Waals surface area contributed by atoms with Gasteiger partial charge in [0.05, 0.1) is 11.3 Å². The summed E-state index contributed by atoms with van der Waals surface area (Å²) < 4.78 is 13.7. The van der Waals surface area contributed by atoms with Crippen LogP contribution in [-0.2, 0) is 6.42 Å². The predicted octanol–water partition coefficient (Wildman–Crippen LogP) is 3.60. The van der Waals surface area contributed by atoms with Gasteiger partial charge in [-0.1, -0.05) is 6.07 Å². The number of nitrogens with one attached hydrogen (secondary N) is 2. The van der Waals surface area contributed by atoms with Crippen molar-refractivity contribution in [1.29, 1.82) is 0 Å². The number of para-hydroxylation sites is 1. The Morgan fingerprint density at radius 2 is 2.10 bits per heavy atom. The Balaban J connectivity index is 2.05. The smallest absolute Gasteiger partial charge is 0.253 e. The van der Waals surface area contributed by atoms with Crippen molar-refractivity contribution in [2.45, 2.75) is 26.3 Å². The van der Waals surface area contributed by atoms with E-state index in [1.54, 1.807) is 30.5 Å². The van der Waals surface area contributed by atoms with Crippen molar-refractivity contribution in [3.05, 3.63) is 51.5 Å². The Kier molecular flexibility index (Phi) is 4.96. The highest BCUT2D eigenvalue weighted by molar-refractivity contribution is 7.11. The highest BCUT2D eigenvalue weighted by atomic mass is 32.1. The molecule has 0 bridgehead atoms. The van der Waals surface area contributed by atoms with Gasteiger partial charge in [0.1, 0.15) is 5.82 Å². The van der Waals surface area contributed by atoms with E-state index in [4.69, 9.17) is 0 Å². The van der Waals surface area contributed by atoms with Crippen LogP contribution in [0.5, 0.6) is 0 Å². The van der Waals surface area contributed by atoms with Crippen molar-refractivity contribution >= 4 is 22.9 Å². The van der Waals surface area contributed by atoms with Gasteiger partial charge in [-0.15, -0.1) is 11.3 Å². The fraction of sp³-hybridized carbons (Fsp3) is 0.312. The van der Waals surface area contributed by atoms with Gasteiger partial charge in [-0.2, -0.15) is 0 Å². The van der Waals surface area contributed by atoms with Crippen LogP contribution in [0, 0.1) is 12.7 Å². The summed E-state index contributed by atoms with van der Waals surface area (Å²) in [6.07, 6.45) is 0.772. The van der Waals surface area contributed by atoms with Gasteiger partial charge in [0, 0.05) is 29.3 Å². The first-order valence-electron chi connectivity index (χ1n) is 6.83. The van der Waals surface area contributed by atoms with Crippen LogP contribution in [0.25, 0.3) is 0 Å². The van der Waals surface area contributed by atoms with E-state index >= 15 is 0 Å². The van der Waals surface area contributed by atoms with Gasteiger partial charge >= 0.3 is 0 Å². The minimum atomic E-state index is -0.424. The minimum Gasteiger partial charge on any atom is -0.385 e. The first-order chi connectivity index (χ1) is 10.0. The number of hydrogen-bond acceptors (Lipinski definition) is 3. The third-order valence-corrected chi connectivity index (χ3v) is 4.21. The second kappa shape index (κ2) is 6.72. The van der Waals surface area contributed by atoms with Gasteiger partial charge in [-0.3, -0.25) is 4.79 Å². The first-order valence-corrected chi connectivity index (χ1v) is 7.65. The van der Waals surface area contributed by atoms with Crippen molar-refractivity contribution in [3.63, 3.8) is 0 Å². The Morgan fingerprint density at radius 3 is 2.71 bits per heavy atom. The van der Waals surface area contributed by atoms with E-state index in [1.165, 1.54) is 15.8 Å². The summed E-state index contributed by atoms with van der Waals surface area (Å²) in [5.74, 6) is -0.689. The lowest BCUT2D eigenvalue weighted by Crippen LogP contribution is -2.34. The van der Waals surface area contributed by atoms with E-state index in [0.29, 0.717) is 5.56 Å². The molecule has 3 nitrogen and oxygen atoms in total. The molecule has 2 N–H and O–H groups in total. The standard InChI is InChI=1S/C16H19FN2OS/c1-10(9-12-8-7-11(2)21-12)19-16(20)13-5-4-6-14(17)15(13)18-3/h4-8,10,18H,9H2,1-3H3,(H,19,20). The summed E-state index contributed by atoms with van der Waals surface area (Å²) in [6.45, 7) is 4.01. The lowest BCUT2D eigenvalue weighted by Gasteiger charge is -2.15. The van der Waals surface area contributed by atoms with Crippen LogP contribution in [0.2, 0.25) is 0 Å². The average molecular weight is 306 g/mol. The summed E-state index contributed by atoms with van der Waals surface area (Å²) in [5.41, 5.74) is 0.556. The molecule has 5 heteroatoms. The van der Waals surface area contributed by atoms with Gasteiger partial charge < -0.3 is 10.6 Å². The second-order valence-corrected chi connectivity index (χ2v) is 6.38. The molecule has 1 unspecified atom stereocenters. The highest BCUT2D eigenvalue weighted by Crippen LogP contribution is 2.20. The Morgan fingerprint density at radius 1 is 1.33 bits per heavy atom. The topological polar surface area (TPSA) is 41.1 Å². The molecule has 0 spiro atoms. The monoisotopic (exact) mass is 306 g/mol. The van der Waals surface area contributed by atoms with Crippen LogP contribution in [0.3, 0.4) is 0 Å². The molecule has 0 radical (unpaired) electrons. The SMILES string of the molecule is CNc1c(F)cccc1C(=O)NC(C)Cc1ccc(C)s1. The summed E-state index contributed by atoms with van der Waals surface area (Å²) in [5, 5.41) is 5.65. The van der Waals surface area contributed by atoms with Crippen molar-refractivity contribution in [2.24, 2.45) is 0 Å². The molecule has 1 amide bonds. The third kappa shape index (κ3) is 3.82. The molecule has 2 rings (SSSR count). The van der Waals surface area contributed by atoms with Gasteiger partial charge in [0.15, 0.2) is 0 Å². The minimum absolute atomic E-state index is 0.0106. The number of hydrogen-bond donors (Lipinski definition) is 2. The quantitative estimate of drug-likeness (QED) is 0.886. The Labute approximate surface area is 128 Å². The fourth-order valence-corrected chi connectivity index (χ4v) is 3.24. The number of amides is 1. The molecule has 21 heavy (non-hydrogen) atoms. The lowest BCUT2D eigenvalue weighted by atomic mass is 10.1. The summed E-state index contributed by atoms with van der Waals surface area (Å²) in [6, 6.07) is 8.62. The number of benzene rings is 1. The summed E-state index contributed by atoms with van der Waals surface area (Å²) >= 11 is 1.73. The van der Waals surface area contributed by atoms with Crippen molar-refractivity contribution in [2.75, 3.05) is 12.4 Å². The van der Waals surface area contributed by atoms with Crippen molar-refractivity contribution in [3.8, 4) is 0 Å². The number of anilines is 1. The van der Waals surface area contributed by atoms with E-state index in [0.717, 1.165) is 6.42 Å². The van der Waals surface area contributed by atoms with E-state index in [2.05, 4.69) is 29.7 Å². The number of aryl methyl sites for hydroxylation is 1. The van der Waals surface area contributed by atoms with Crippen LogP contribution in [0.15, 0.2) is 30.3 Å². The molecule has 1 aromatic carbocycles. The van der Waals surface area contributed by atoms with Crippen LogP contribution in [-0.4, -0.2) is 19.0 Å². The van der Waals surface area contributed by atoms with E-state index in [9.17, 15) is 9.18 Å². The molecule has 0 aliphatic rings. The fourth-order valence-electron chi connectivity index (χ4n) is 2.22. The molecule has 0 aliphatic heterocycles. The summed E-state index contributed by atoms with van der Waals surface area (Å²) in [4.78, 5) is 14.8. The van der Waals surface area contributed by atoms with Gasteiger partial charge in [0.2, 0.25) is 0 Å². The number of rotatable bonds is 5. The maximum atomic E-state index is 13.7. The predicted molar refractivity (Wildman–Crippen MR) is 85.6 cm³/mol. The van der Waals surface area contributed by atoms with Crippen LogP contribution < -0.4 is 10.6 Å². The molecule has 1 aromatic heterocycles. The molecule has 0 fully saturated rings. The molecule has 2 aromatic rings. The largest absolute Gasteiger partial charge is 0.385 e. The molecule has 0 saturated heterocycles. The van der Waals surface area contributed by atoms with E-state index < -0.39 is 5.82 Å². The lowest BCUT2D eigenvalue weighted by molar-refractivity contribution is 0.0940. The zero-order chi connectivity index (χ0) is 15.4. The zero-order valence-corrected chi connectivity index (χ0v) is 13.2. The number of thiophene rings is 1.